The van der Waals surface area contributed by atoms with Crippen LogP contribution in [0.1, 0.15) is 13.3 Å². The normalized spacial score (nSPS) is 14.3. The molecule has 0 amide bonds. The molecule has 0 bridgehead atoms. The van der Waals surface area contributed by atoms with Gasteiger partial charge < -0.3 is 4.90 Å². The lowest BCUT2D eigenvalue weighted by atomic mass is 10.2. The second-order valence-corrected chi connectivity index (χ2v) is 3.58. The molecule has 9 heavy (non-hydrogen) atoms. The summed E-state index contributed by atoms with van der Waals surface area (Å²) in [6.07, 6.45) is 3.45. The van der Waals surface area contributed by atoms with E-state index in [-0.39, 0.29) is 0 Å². The Bertz CT molecular complexity index is 63.9. The maximum absolute atomic E-state index is 2.26. The van der Waals surface area contributed by atoms with E-state index >= 15 is 0 Å². The van der Waals surface area contributed by atoms with Crippen molar-refractivity contribution >= 4 is 11.8 Å². The van der Waals surface area contributed by atoms with Crippen molar-refractivity contribution in [3.05, 3.63) is 0 Å². The molecular weight excluding hydrogens is 130 g/mol. The van der Waals surface area contributed by atoms with Crippen molar-refractivity contribution in [2.45, 2.75) is 19.4 Å². The van der Waals surface area contributed by atoms with Crippen molar-refractivity contribution in [2.75, 3.05) is 26.1 Å². The molecule has 0 aromatic rings. The van der Waals surface area contributed by atoms with Crippen LogP contribution in [0.5, 0.6) is 0 Å². The van der Waals surface area contributed by atoms with E-state index in [2.05, 4.69) is 32.2 Å². The van der Waals surface area contributed by atoms with Crippen LogP contribution in [0.4, 0.5) is 0 Å². The van der Waals surface area contributed by atoms with Crippen LogP contribution in [-0.2, 0) is 0 Å². The second-order valence-electron chi connectivity index (χ2n) is 2.59. The third-order valence-corrected chi connectivity index (χ3v) is 2.27. The van der Waals surface area contributed by atoms with Gasteiger partial charge in [-0.25, -0.2) is 0 Å². The molecule has 1 atom stereocenters. The molecule has 0 heterocycles. The molecule has 0 aliphatic heterocycles. The summed E-state index contributed by atoms with van der Waals surface area (Å²) < 4.78 is 0. The topological polar surface area (TPSA) is 3.24 Å². The molecule has 0 saturated carbocycles. The third-order valence-electron chi connectivity index (χ3n) is 1.62. The molecule has 0 fully saturated rings. The van der Waals surface area contributed by atoms with Crippen molar-refractivity contribution in [1.82, 2.24) is 4.90 Å². The Labute approximate surface area is 62.8 Å². The van der Waals surface area contributed by atoms with E-state index in [1.54, 1.807) is 0 Å². The Hall–Kier alpha value is 0.310. The minimum absolute atomic E-state index is 0.734. The smallest absolute Gasteiger partial charge is 0.00686 e. The van der Waals surface area contributed by atoms with Gasteiger partial charge in [0.2, 0.25) is 0 Å². The van der Waals surface area contributed by atoms with E-state index in [0.717, 1.165) is 6.04 Å². The SMILES string of the molecule is CSCCC(C)N(C)C. The first-order valence-electron chi connectivity index (χ1n) is 3.34. The second kappa shape index (κ2) is 5.12. The van der Waals surface area contributed by atoms with Gasteiger partial charge in [0.05, 0.1) is 0 Å². The minimum atomic E-state index is 0.734. The van der Waals surface area contributed by atoms with Crippen LogP contribution in [0.25, 0.3) is 0 Å². The summed E-state index contributed by atoms with van der Waals surface area (Å²) in [4.78, 5) is 2.26. The number of thioether (sulfide) groups is 1. The van der Waals surface area contributed by atoms with E-state index in [9.17, 15) is 0 Å². The van der Waals surface area contributed by atoms with E-state index in [1.807, 2.05) is 11.8 Å². The van der Waals surface area contributed by atoms with E-state index < -0.39 is 0 Å². The summed E-state index contributed by atoms with van der Waals surface area (Å²) in [6, 6.07) is 0.734. The zero-order valence-corrected chi connectivity index (χ0v) is 7.66. The largest absolute Gasteiger partial charge is 0.307 e. The van der Waals surface area contributed by atoms with Gasteiger partial charge in [-0.2, -0.15) is 11.8 Å². The standard InChI is InChI=1S/C7H17NS/c1-7(8(2)3)5-6-9-4/h7H,5-6H2,1-4H3. The van der Waals surface area contributed by atoms with Gasteiger partial charge in [-0.3, -0.25) is 0 Å². The van der Waals surface area contributed by atoms with Crippen molar-refractivity contribution in [1.29, 1.82) is 0 Å². The van der Waals surface area contributed by atoms with Gasteiger partial charge in [-0.05, 0) is 39.4 Å². The van der Waals surface area contributed by atoms with Gasteiger partial charge in [0.25, 0.3) is 0 Å². The average Bonchev–Trinajstić information content (AvgIpc) is 1.82. The fraction of sp³-hybridized carbons (Fsp3) is 1.00. The summed E-state index contributed by atoms with van der Waals surface area (Å²) in [6.45, 7) is 2.26. The molecule has 0 aromatic carbocycles. The Morgan fingerprint density at radius 2 is 2.00 bits per heavy atom. The zero-order chi connectivity index (χ0) is 7.28. The number of rotatable bonds is 4. The van der Waals surface area contributed by atoms with E-state index in [0.29, 0.717) is 0 Å². The van der Waals surface area contributed by atoms with Gasteiger partial charge in [0, 0.05) is 6.04 Å². The van der Waals surface area contributed by atoms with E-state index in [1.165, 1.54) is 12.2 Å². The fourth-order valence-corrected chi connectivity index (χ4v) is 1.12. The summed E-state index contributed by atoms with van der Waals surface area (Å²) in [5.41, 5.74) is 0. The van der Waals surface area contributed by atoms with Crippen LogP contribution < -0.4 is 0 Å². The monoisotopic (exact) mass is 147 g/mol. The molecule has 0 spiro atoms. The van der Waals surface area contributed by atoms with Gasteiger partial charge in [-0.15, -0.1) is 0 Å². The summed E-state index contributed by atoms with van der Waals surface area (Å²) in [7, 11) is 4.26. The molecule has 2 heteroatoms. The molecule has 0 N–H and O–H groups in total. The molecule has 56 valence electrons. The van der Waals surface area contributed by atoms with Gasteiger partial charge in [0.15, 0.2) is 0 Å². The maximum Gasteiger partial charge on any atom is 0.00686 e. The summed E-state index contributed by atoms with van der Waals surface area (Å²) in [5, 5.41) is 0. The quantitative estimate of drug-likeness (QED) is 0.595. The molecule has 0 rings (SSSR count). The lowest BCUT2D eigenvalue weighted by molar-refractivity contribution is 0.308. The highest BCUT2D eigenvalue weighted by atomic mass is 32.2. The Morgan fingerprint density at radius 1 is 1.44 bits per heavy atom. The molecule has 0 aliphatic carbocycles. The van der Waals surface area contributed by atoms with Crippen LogP contribution >= 0.6 is 11.8 Å². The lowest BCUT2D eigenvalue weighted by Gasteiger charge is -2.18. The molecule has 1 unspecified atom stereocenters. The van der Waals surface area contributed by atoms with Crippen molar-refractivity contribution in [2.24, 2.45) is 0 Å². The average molecular weight is 147 g/mol. The van der Waals surface area contributed by atoms with Crippen LogP contribution in [0.2, 0.25) is 0 Å². The number of nitrogens with zero attached hydrogens (tertiary/aromatic N) is 1. The molecule has 0 radical (unpaired) electrons. The highest BCUT2D eigenvalue weighted by molar-refractivity contribution is 7.98. The maximum atomic E-state index is 2.26. The van der Waals surface area contributed by atoms with Crippen LogP contribution in [0.15, 0.2) is 0 Å². The van der Waals surface area contributed by atoms with Crippen molar-refractivity contribution in [3.8, 4) is 0 Å². The van der Waals surface area contributed by atoms with Crippen LogP contribution in [-0.4, -0.2) is 37.0 Å². The molecular formula is C7H17NS. The van der Waals surface area contributed by atoms with Gasteiger partial charge in [0.1, 0.15) is 0 Å². The predicted molar refractivity (Wildman–Crippen MR) is 46.1 cm³/mol. The fourth-order valence-electron chi connectivity index (χ4n) is 0.547. The van der Waals surface area contributed by atoms with E-state index in [4.69, 9.17) is 0 Å². The molecule has 0 aromatic heterocycles. The van der Waals surface area contributed by atoms with Crippen LogP contribution in [0, 0.1) is 0 Å². The zero-order valence-electron chi connectivity index (χ0n) is 6.85. The third kappa shape index (κ3) is 4.79. The highest BCUT2D eigenvalue weighted by Crippen LogP contribution is 2.03. The number of hydrogen-bond acceptors (Lipinski definition) is 2. The Balaban J connectivity index is 3.16. The first-order chi connectivity index (χ1) is 4.18. The van der Waals surface area contributed by atoms with Crippen molar-refractivity contribution < 1.29 is 0 Å². The van der Waals surface area contributed by atoms with Crippen molar-refractivity contribution in [3.63, 3.8) is 0 Å². The van der Waals surface area contributed by atoms with Crippen LogP contribution in [0.3, 0.4) is 0 Å². The lowest BCUT2D eigenvalue weighted by Crippen LogP contribution is -2.24. The Morgan fingerprint density at radius 3 is 2.33 bits per heavy atom. The van der Waals surface area contributed by atoms with Gasteiger partial charge >= 0.3 is 0 Å². The summed E-state index contributed by atoms with van der Waals surface area (Å²) >= 11 is 1.92. The molecule has 0 saturated heterocycles. The number of hydrogen-bond donors (Lipinski definition) is 0. The first-order valence-corrected chi connectivity index (χ1v) is 4.73. The van der Waals surface area contributed by atoms with Gasteiger partial charge in [-0.1, -0.05) is 0 Å². The highest BCUT2D eigenvalue weighted by Gasteiger charge is 2.01. The predicted octanol–water partition coefficient (Wildman–Crippen LogP) is 1.69. The molecule has 1 nitrogen and oxygen atoms in total. The minimum Gasteiger partial charge on any atom is -0.307 e. The Kier molecular flexibility index (Phi) is 5.30. The summed E-state index contributed by atoms with van der Waals surface area (Å²) in [5.74, 6) is 1.28. The molecule has 0 aliphatic rings. The first kappa shape index (κ1) is 9.31.